The van der Waals surface area contributed by atoms with Crippen molar-refractivity contribution >= 4 is 21.2 Å². The third-order valence-electron chi connectivity index (χ3n) is 3.05. The number of hydrogen-bond donors (Lipinski definition) is 2. The van der Waals surface area contributed by atoms with Crippen molar-refractivity contribution in [1.29, 1.82) is 0 Å². The van der Waals surface area contributed by atoms with E-state index < -0.39 is 27.7 Å². The minimum Gasteiger partial charge on any atom is -0.396 e. The number of nitrogens with two attached hydrogens (primary N) is 1. The molecule has 0 aliphatic carbocycles. The highest BCUT2D eigenvalue weighted by Crippen LogP contribution is 2.31. The summed E-state index contributed by atoms with van der Waals surface area (Å²) in [6, 6.07) is 0.371. The first-order valence-corrected chi connectivity index (χ1v) is 7.79. The molecule has 0 radical (unpaired) electrons. The fourth-order valence-electron chi connectivity index (χ4n) is 2.10. The molecule has 1 aromatic rings. The van der Waals surface area contributed by atoms with E-state index in [1.165, 1.54) is 0 Å². The van der Waals surface area contributed by atoms with Crippen LogP contribution in [0.25, 0.3) is 0 Å². The van der Waals surface area contributed by atoms with E-state index in [0.717, 1.165) is 12.3 Å². The number of alkyl halides is 3. The fourth-order valence-corrected chi connectivity index (χ4v) is 3.74. The molecule has 0 bridgehead atoms. The minimum absolute atomic E-state index is 0.0565. The Balaban J connectivity index is 2.21. The summed E-state index contributed by atoms with van der Waals surface area (Å²) in [5.41, 5.74) is 4.63. The van der Waals surface area contributed by atoms with Crippen molar-refractivity contribution < 1.29 is 21.6 Å². The van der Waals surface area contributed by atoms with Gasteiger partial charge in [0, 0.05) is 6.04 Å². The number of hydrogen-bond acceptors (Lipinski definition) is 5. The van der Waals surface area contributed by atoms with E-state index in [1.807, 2.05) is 0 Å². The van der Waals surface area contributed by atoms with Crippen molar-refractivity contribution in [3.63, 3.8) is 0 Å². The van der Waals surface area contributed by atoms with Gasteiger partial charge in [0.2, 0.25) is 0 Å². The Kier molecular flexibility index (Phi) is 3.81. The first kappa shape index (κ1) is 14.9. The summed E-state index contributed by atoms with van der Waals surface area (Å²) < 4.78 is 60.7. The van der Waals surface area contributed by atoms with Crippen LogP contribution >= 0.6 is 0 Å². The molecule has 1 aliphatic heterocycles. The molecule has 1 aliphatic rings. The number of nitrogens with zero attached hydrogens (tertiary/aromatic N) is 1. The zero-order chi connectivity index (χ0) is 15.0. The third kappa shape index (κ3) is 3.53. The van der Waals surface area contributed by atoms with E-state index in [1.54, 1.807) is 0 Å². The molecule has 0 saturated carbocycles. The second-order valence-electron chi connectivity index (χ2n) is 4.75. The Morgan fingerprint density at radius 2 is 2.10 bits per heavy atom. The smallest absolute Gasteiger partial charge is 0.396 e. The second-order valence-corrected chi connectivity index (χ2v) is 6.98. The average molecular weight is 309 g/mol. The summed E-state index contributed by atoms with van der Waals surface area (Å²) in [7, 11) is -3.14. The number of sulfone groups is 1. The molecule has 0 spiro atoms. The molecule has 1 unspecified atom stereocenters. The van der Waals surface area contributed by atoms with Crippen LogP contribution in [0.15, 0.2) is 12.3 Å². The minimum atomic E-state index is -4.57. The second kappa shape index (κ2) is 5.12. The van der Waals surface area contributed by atoms with Gasteiger partial charge in [-0.05, 0) is 18.9 Å². The lowest BCUT2D eigenvalue weighted by molar-refractivity contribution is -0.141. The predicted octanol–water partition coefficient (Wildman–Crippen LogP) is 1.67. The SMILES string of the molecule is Nc1cnc(C(F)(F)F)cc1NC1CCCS(=O)(=O)C1. The molecular formula is C11H14F3N3O2S. The first-order valence-electron chi connectivity index (χ1n) is 5.97. The zero-order valence-electron chi connectivity index (χ0n) is 10.4. The highest BCUT2D eigenvalue weighted by atomic mass is 32.2. The molecule has 1 fully saturated rings. The van der Waals surface area contributed by atoms with Crippen LogP contribution < -0.4 is 11.1 Å². The van der Waals surface area contributed by atoms with Crippen molar-refractivity contribution in [1.82, 2.24) is 4.98 Å². The Hall–Kier alpha value is -1.51. The van der Waals surface area contributed by atoms with Gasteiger partial charge in [-0.3, -0.25) is 0 Å². The van der Waals surface area contributed by atoms with Crippen LogP contribution in [0.3, 0.4) is 0 Å². The number of halogens is 3. The summed E-state index contributed by atoms with van der Waals surface area (Å²) in [5, 5.41) is 2.77. The van der Waals surface area contributed by atoms with E-state index >= 15 is 0 Å². The van der Waals surface area contributed by atoms with Crippen LogP contribution in [0.2, 0.25) is 0 Å². The number of rotatable bonds is 2. The average Bonchev–Trinajstić information content (AvgIpc) is 2.29. The van der Waals surface area contributed by atoms with Gasteiger partial charge in [-0.2, -0.15) is 13.2 Å². The van der Waals surface area contributed by atoms with Crippen LogP contribution in [0.1, 0.15) is 18.5 Å². The maximum atomic E-state index is 12.6. The molecule has 2 rings (SSSR count). The van der Waals surface area contributed by atoms with Crippen molar-refractivity contribution in [2.45, 2.75) is 25.1 Å². The standard InChI is InChI=1S/C11H14F3N3O2S/c12-11(13,14)10-4-9(8(15)5-16-10)17-7-2-1-3-20(18,19)6-7/h4-5,7H,1-3,6,15H2,(H,16,17). The van der Waals surface area contributed by atoms with Crippen LogP contribution in [-0.2, 0) is 16.0 Å². The molecule has 1 saturated heterocycles. The van der Waals surface area contributed by atoms with Crippen molar-refractivity contribution in [2.24, 2.45) is 0 Å². The summed E-state index contributed by atoms with van der Waals surface area (Å²) >= 11 is 0. The lowest BCUT2D eigenvalue weighted by Gasteiger charge is -2.25. The maximum Gasteiger partial charge on any atom is 0.433 e. The number of nitrogen functional groups attached to an aromatic ring is 1. The van der Waals surface area contributed by atoms with Crippen molar-refractivity contribution in [2.75, 3.05) is 22.6 Å². The highest BCUT2D eigenvalue weighted by Gasteiger charge is 2.33. The van der Waals surface area contributed by atoms with Gasteiger partial charge in [0.1, 0.15) is 5.69 Å². The predicted molar refractivity (Wildman–Crippen MR) is 68.9 cm³/mol. The van der Waals surface area contributed by atoms with Gasteiger partial charge in [-0.1, -0.05) is 0 Å². The Labute approximate surface area is 114 Å². The lowest BCUT2D eigenvalue weighted by Crippen LogP contribution is -2.35. The Morgan fingerprint density at radius 3 is 2.70 bits per heavy atom. The quantitative estimate of drug-likeness (QED) is 0.868. The number of aromatic nitrogens is 1. The van der Waals surface area contributed by atoms with Gasteiger partial charge in [-0.15, -0.1) is 0 Å². The van der Waals surface area contributed by atoms with E-state index in [4.69, 9.17) is 5.73 Å². The van der Waals surface area contributed by atoms with E-state index in [-0.39, 0.29) is 22.9 Å². The summed E-state index contributed by atoms with van der Waals surface area (Å²) in [5.74, 6) is 0.0148. The summed E-state index contributed by atoms with van der Waals surface area (Å²) in [6.45, 7) is 0. The van der Waals surface area contributed by atoms with Gasteiger partial charge >= 0.3 is 6.18 Å². The molecule has 1 atom stereocenters. The van der Waals surface area contributed by atoms with E-state index in [9.17, 15) is 21.6 Å². The van der Waals surface area contributed by atoms with Gasteiger partial charge in [0.25, 0.3) is 0 Å². The topological polar surface area (TPSA) is 85.1 Å². The first-order chi connectivity index (χ1) is 9.17. The molecule has 0 amide bonds. The normalized spacial score (nSPS) is 22.4. The molecule has 0 aromatic carbocycles. The summed E-state index contributed by atoms with van der Waals surface area (Å²) in [6.07, 6.45) is -2.59. The number of anilines is 2. The molecule has 5 nitrogen and oxygen atoms in total. The van der Waals surface area contributed by atoms with Crippen LogP contribution in [0.5, 0.6) is 0 Å². The van der Waals surface area contributed by atoms with Gasteiger partial charge in [0.05, 0.1) is 29.1 Å². The molecule has 1 aromatic heterocycles. The van der Waals surface area contributed by atoms with Crippen LogP contribution in [0.4, 0.5) is 24.5 Å². The molecule has 20 heavy (non-hydrogen) atoms. The Bertz CT molecular complexity index is 601. The largest absolute Gasteiger partial charge is 0.433 e. The van der Waals surface area contributed by atoms with Gasteiger partial charge < -0.3 is 11.1 Å². The van der Waals surface area contributed by atoms with Gasteiger partial charge in [0.15, 0.2) is 9.84 Å². The highest BCUT2D eigenvalue weighted by molar-refractivity contribution is 7.91. The zero-order valence-corrected chi connectivity index (χ0v) is 11.3. The van der Waals surface area contributed by atoms with Crippen molar-refractivity contribution in [3.8, 4) is 0 Å². The molecule has 9 heteroatoms. The third-order valence-corrected chi connectivity index (χ3v) is 4.87. The summed E-state index contributed by atoms with van der Waals surface area (Å²) in [4.78, 5) is 3.22. The lowest BCUT2D eigenvalue weighted by atomic mass is 10.1. The monoisotopic (exact) mass is 309 g/mol. The molecule has 112 valence electrons. The number of nitrogens with one attached hydrogen (secondary N) is 1. The van der Waals surface area contributed by atoms with Crippen LogP contribution in [0, 0.1) is 0 Å². The van der Waals surface area contributed by atoms with Crippen molar-refractivity contribution in [3.05, 3.63) is 18.0 Å². The molecule has 2 heterocycles. The fraction of sp³-hybridized carbons (Fsp3) is 0.545. The molecular weight excluding hydrogens is 295 g/mol. The van der Waals surface area contributed by atoms with E-state index in [0.29, 0.717) is 12.8 Å². The number of pyridine rings is 1. The van der Waals surface area contributed by atoms with E-state index in [2.05, 4.69) is 10.3 Å². The van der Waals surface area contributed by atoms with Gasteiger partial charge in [-0.25, -0.2) is 13.4 Å². The maximum absolute atomic E-state index is 12.6. The van der Waals surface area contributed by atoms with Crippen LogP contribution in [-0.4, -0.2) is 30.9 Å². The molecule has 3 N–H and O–H groups in total. The Morgan fingerprint density at radius 1 is 1.40 bits per heavy atom.